The van der Waals surface area contributed by atoms with Gasteiger partial charge in [0, 0.05) is 17.0 Å². The van der Waals surface area contributed by atoms with Gasteiger partial charge in [0.25, 0.3) is 0 Å². The van der Waals surface area contributed by atoms with Crippen LogP contribution in [0.15, 0.2) is 18.3 Å². The summed E-state index contributed by atoms with van der Waals surface area (Å²) in [5, 5.41) is 8.37. The molecule has 2 aromatic rings. The predicted octanol–water partition coefficient (Wildman–Crippen LogP) is 3.38. The number of hydrogen-bond acceptors (Lipinski definition) is 3. The van der Waals surface area contributed by atoms with Crippen molar-refractivity contribution in [3.63, 3.8) is 0 Å². The number of ether oxygens (including phenoxy) is 1. The fourth-order valence-corrected chi connectivity index (χ4v) is 3.41. The number of aromatic nitrogens is 2. The zero-order valence-corrected chi connectivity index (χ0v) is 13.2. The number of nitrogens with zero attached hydrogens (tertiary/aromatic N) is 2. The molecule has 1 heterocycles. The van der Waals surface area contributed by atoms with Gasteiger partial charge in [-0.05, 0) is 58.3 Å². The molecule has 1 aromatic heterocycles. The Hall–Kier alpha value is -1.55. The maximum atomic E-state index is 6.37. The van der Waals surface area contributed by atoms with Crippen molar-refractivity contribution < 1.29 is 4.74 Å². The Bertz CT molecular complexity index is 605. The lowest BCUT2D eigenvalue weighted by molar-refractivity contribution is 0.0997. The summed E-state index contributed by atoms with van der Waals surface area (Å²) in [5.74, 6) is 1.04. The van der Waals surface area contributed by atoms with Crippen LogP contribution in [-0.4, -0.2) is 41.3 Å². The number of H-pyrrole nitrogens is 1. The summed E-state index contributed by atoms with van der Waals surface area (Å²) in [6.07, 6.45) is 8.04. The number of aromatic amines is 1. The molecule has 0 spiro atoms. The summed E-state index contributed by atoms with van der Waals surface area (Å²) in [6, 6.07) is 4.81. The first-order valence-corrected chi connectivity index (χ1v) is 7.97. The minimum atomic E-state index is 0.334. The zero-order chi connectivity index (χ0) is 14.8. The molecule has 1 aromatic carbocycles. The number of nitrogens with one attached hydrogen (secondary N) is 1. The number of fused-ring (bicyclic) bond motifs is 1. The summed E-state index contributed by atoms with van der Waals surface area (Å²) >= 11 is 0. The lowest BCUT2D eigenvalue weighted by Gasteiger charge is -2.33. The van der Waals surface area contributed by atoms with Gasteiger partial charge in [0.05, 0.1) is 11.7 Å². The molecule has 0 radical (unpaired) electrons. The molecule has 114 valence electrons. The zero-order valence-electron chi connectivity index (χ0n) is 13.2. The lowest BCUT2D eigenvalue weighted by atomic mass is 9.92. The monoisotopic (exact) mass is 287 g/mol. The van der Waals surface area contributed by atoms with Crippen molar-refractivity contribution in [3.05, 3.63) is 23.9 Å². The van der Waals surface area contributed by atoms with Crippen molar-refractivity contribution in [2.75, 3.05) is 14.1 Å². The van der Waals surface area contributed by atoms with Gasteiger partial charge in [-0.3, -0.25) is 5.10 Å². The first-order valence-electron chi connectivity index (χ1n) is 7.97. The highest BCUT2D eigenvalue weighted by Crippen LogP contribution is 2.31. The van der Waals surface area contributed by atoms with E-state index in [-0.39, 0.29) is 0 Å². The van der Waals surface area contributed by atoms with Gasteiger partial charge in [-0.15, -0.1) is 0 Å². The third-order valence-electron chi connectivity index (χ3n) is 4.67. The van der Waals surface area contributed by atoms with Gasteiger partial charge in [-0.25, -0.2) is 0 Å². The standard InChI is InChI=1S/C17H25N3O/c1-4-14-15-11-18-19-16(15)8-9-17(14)21-13-7-5-6-12(10-13)20(2)3/h8-9,11-13H,4-7,10H2,1-3H3,(H,18,19)/t12-,13-/m0/s1. The molecule has 1 aliphatic rings. The van der Waals surface area contributed by atoms with Crippen LogP contribution in [0.2, 0.25) is 0 Å². The van der Waals surface area contributed by atoms with Crippen molar-refractivity contribution in [1.82, 2.24) is 15.1 Å². The van der Waals surface area contributed by atoms with Crippen molar-refractivity contribution in [2.45, 2.75) is 51.2 Å². The summed E-state index contributed by atoms with van der Waals surface area (Å²) < 4.78 is 6.37. The van der Waals surface area contributed by atoms with Crippen LogP contribution in [0.3, 0.4) is 0 Å². The Morgan fingerprint density at radius 3 is 2.95 bits per heavy atom. The highest BCUT2D eigenvalue weighted by Gasteiger charge is 2.25. The molecule has 21 heavy (non-hydrogen) atoms. The molecule has 2 atom stereocenters. The minimum absolute atomic E-state index is 0.334. The maximum absolute atomic E-state index is 6.37. The van der Waals surface area contributed by atoms with Gasteiger partial charge in [-0.1, -0.05) is 6.92 Å². The summed E-state index contributed by atoms with van der Waals surface area (Å²) in [6.45, 7) is 2.18. The molecule has 1 N–H and O–H groups in total. The van der Waals surface area contributed by atoms with E-state index in [1.807, 2.05) is 6.20 Å². The van der Waals surface area contributed by atoms with Crippen LogP contribution in [0.4, 0.5) is 0 Å². The summed E-state index contributed by atoms with van der Waals surface area (Å²) in [4.78, 5) is 2.33. The van der Waals surface area contributed by atoms with E-state index >= 15 is 0 Å². The number of aryl methyl sites for hydroxylation is 1. The van der Waals surface area contributed by atoms with E-state index in [0.29, 0.717) is 12.1 Å². The van der Waals surface area contributed by atoms with Crippen LogP contribution in [0.5, 0.6) is 5.75 Å². The third-order valence-corrected chi connectivity index (χ3v) is 4.67. The maximum Gasteiger partial charge on any atom is 0.123 e. The smallest absolute Gasteiger partial charge is 0.123 e. The van der Waals surface area contributed by atoms with Gasteiger partial charge in [0.15, 0.2) is 0 Å². The van der Waals surface area contributed by atoms with Gasteiger partial charge >= 0.3 is 0 Å². The number of rotatable bonds is 4. The highest BCUT2D eigenvalue weighted by molar-refractivity contribution is 5.84. The average Bonchev–Trinajstić information content (AvgIpc) is 2.96. The number of benzene rings is 1. The van der Waals surface area contributed by atoms with E-state index in [1.54, 1.807) is 0 Å². The Labute approximate surface area is 126 Å². The van der Waals surface area contributed by atoms with Crippen LogP contribution in [-0.2, 0) is 6.42 Å². The fourth-order valence-electron chi connectivity index (χ4n) is 3.41. The van der Waals surface area contributed by atoms with Gasteiger partial charge in [-0.2, -0.15) is 5.10 Å². The van der Waals surface area contributed by atoms with Crippen molar-refractivity contribution in [1.29, 1.82) is 0 Å². The third kappa shape index (κ3) is 2.91. The minimum Gasteiger partial charge on any atom is -0.490 e. The molecule has 4 heteroatoms. The van der Waals surface area contributed by atoms with E-state index in [4.69, 9.17) is 4.74 Å². The molecule has 0 saturated heterocycles. The lowest BCUT2D eigenvalue weighted by Crippen LogP contribution is -2.37. The van der Waals surface area contributed by atoms with Crippen LogP contribution in [0.1, 0.15) is 38.2 Å². The van der Waals surface area contributed by atoms with Crippen LogP contribution >= 0.6 is 0 Å². The fraction of sp³-hybridized carbons (Fsp3) is 0.588. The predicted molar refractivity (Wildman–Crippen MR) is 85.8 cm³/mol. The molecule has 4 nitrogen and oxygen atoms in total. The van der Waals surface area contributed by atoms with E-state index in [2.05, 4.69) is 48.2 Å². The second kappa shape index (κ2) is 6.06. The molecule has 0 bridgehead atoms. The normalized spacial score (nSPS) is 22.9. The van der Waals surface area contributed by atoms with E-state index in [1.165, 1.54) is 23.8 Å². The molecule has 1 fully saturated rings. The molecule has 3 rings (SSSR count). The molecule has 0 amide bonds. The van der Waals surface area contributed by atoms with E-state index < -0.39 is 0 Å². The number of hydrogen-bond donors (Lipinski definition) is 1. The van der Waals surface area contributed by atoms with Crippen molar-refractivity contribution in [3.8, 4) is 5.75 Å². The van der Waals surface area contributed by atoms with Gasteiger partial charge in [0.2, 0.25) is 0 Å². The first-order chi connectivity index (χ1) is 10.2. The summed E-state index contributed by atoms with van der Waals surface area (Å²) in [5.41, 5.74) is 2.36. The molecule has 1 aliphatic carbocycles. The van der Waals surface area contributed by atoms with Crippen molar-refractivity contribution >= 4 is 10.9 Å². The summed E-state index contributed by atoms with van der Waals surface area (Å²) in [7, 11) is 4.34. The first kappa shape index (κ1) is 14.4. The highest BCUT2D eigenvalue weighted by atomic mass is 16.5. The van der Waals surface area contributed by atoms with Gasteiger partial charge < -0.3 is 9.64 Å². The van der Waals surface area contributed by atoms with Crippen molar-refractivity contribution in [2.24, 2.45) is 0 Å². The average molecular weight is 287 g/mol. The van der Waals surface area contributed by atoms with Crippen LogP contribution in [0.25, 0.3) is 10.9 Å². The molecule has 0 aliphatic heterocycles. The van der Waals surface area contributed by atoms with E-state index in [0.717, 1.165) is 30.5 Å². The second-order valence-corrected chi connectivity index (χ2v) is 6.25. The quantitative estimate of drug-likeness (QED) is 0.937. The Balaban J connectivity index is 1.81. The van der Waals surface area contributed by atoms with Crippen LogP contribution in [0, 0.1) is 0 Å². The van der Waals surface area contributed by atoms with Gasteiger partial charge in [0.1, 0.15) is 11.9 Å². The topological polar surface area (TPSA) is 41.1 Å². The molecular weight excluding hydrogens is 262 g/mol. The Morgan fingerprint density at radius 2 is 2.19 bits per heavy atom. The molecule has 0 unspecified atom stereocenters. The Morgan fingerprint density at radius 1 is 1.33 bits per heavy atom. The molecular formula is C17H25N3O. The largest absolute Gasteiger partial charge is 0.490 e. The second-order valence-electron chi connectivity index (χ2n) is 6.25. The SMILES string of the molecule is CCc1c(O[C@H]2CCC[C@H](N(C)C)C2)ccc2[nH]ncc12. The van der Waals surface area contributed by atoms with Crippen LogP contribution < -0.4 is 4.74 Å². The Kier molecular flexibility index (Phi) is 4.15. The van der Waals surface area contributed by atoms with E-state index in [9.17, 15) is 0 Å². The molecule has 1 saturated carbocycles.